The molecule has 414 valence electrons. The van der Waals surface area contributed by atoms with Crippen molar-refractivity contribution < 1.29 is 42.8 Å². The molecule has 4 heterocycles. The van der Waals surface area contributed by atoms with Crippen LogP contribution in [0.3, 0.4) is 0 Å². The first-order valence-corrected chi connectivity index (χ1v) is 29.0. The lowest BCUT2D eigenvalue weighted by atomic mass is 10.1. The zero-order valence-electron chi connectivity index (χ0n) is 46.2. The van der Waals surface area contributed by atoms with Crippen LogP contribution in [0.25, 0.3) is 0 Å². The molecular weight excluding hydrogens is 1030 g/mol. The largest absolute Gasteiger partial charge is 0.493 e. The average Bonchev–Trinajstić information content (AvgIpc) is 4.17. The fraction of sp³-hybridized carbons (Fsp3) is 0.433. The summed E-state index contributed by atoms with van der Waals surface area (Å²) in [5, 5.41) is 3.88. The van der Waals surface area contributed by atoms with Crippen LogP contribution in [0.2, 0.25) is 0 Å². The Hall–Kier alpha value is -6.44. The summed E-state index contributed by atoms with van der Waals surface area (Å²) in [5.74, 6) is 2.12. The summed E-state index contributed by atoms with van der Waals surface area (Å²) in [6.45, 7) is 13.5. The minimum absolute atomic E-state index is 0.00105. The molecule has 0 saturated carbocycles. The summed E-state index contributed by atoms with van der Waals surface area (Å²) < 4.78 is 36.3. The normalized spacial score (nSPS) is 16.5. The summed E-state index contributed by atoms with van der Waals surface area (Å²) in [4.78, 5) is 51.7. The van der Waals surface area contributed by atoms with E-state index in [2.05, 4.69) is 76.5 Å². The fourth-order valence-electron chi connectivity index (χ4n) is 10.8. The lowest BCUT2D eigenvalue weighted by Crippen LogP contribution is -2.41. The molecule has 1 N–H and O–H groups in total. The first kappa shape index (κ1) is 56.3. The molecule has 18 heteroatoms. The van der Waals surface area contributed by atoms with Crippen LogP contribution in [0.1, 0.15) is 75.7 Å². The number of benzene rings is 5. The van der Waals surface area contributed by atoms with Gasteiger partial charge in [0.05, 0.1) is 74.7 Å². The van der Waals surface area contributed by atoms with Gasteiger partial charge in [-0.1, -0.05) is 58.0 Å². The first-order chi connectivity index (χ1) is 37.7. The Morgan fingerprint density at radius 1 is 0.731 bits per heavy atom. The first-order valence-electron chi connectivity index (χ1n) is 26.7. The van der Waals surface area contributed by atoms with Crippen molar-refractivity contribution in [2.45, 2.75) is 77.0 Å². The molecule has 78 heavy (non-hydrogen) atoms. The van der Waals surface area contributed by atoms with Gasteiger partial charge in [0.1, 0.15) is 19.0 Å². The third kappa shape index (κ3) is 13.0. The minimum atomic E-state index is -0.273. The van der Waals surface area contributed by atoms with Crippen molar-refractivity contribution in [3.8, 4) is 17.2 Å². The maximum atomic E-state index is 14.4. The SMILES string of the molecule is CC=NNC(=O)CCSSC(C)(C)CN(CCOCCOCCOC)c1cc(COc2cc3c(cc2C)C(=O)N2c4ccccc4C[C@H]2CN3C)cc(COc2cc3c(cc2OC)C(=O)N2c4ccccc4C[C@H]2CN3C)c1. The number of methoxy groups -OCH3 is 2. The quantitative estimate of drug-likeness (QED) is 0.0256. The topological polar surface area (TPSA) is 147 Å². The van der Waals surface area contributed by atoms with Crippen LogP contribution >= 0.6 is 21.6 Å². The third-order valence-corrected chi connectivity index (χ3v) is 17.8. The van der Waals surface area contributed by atoms with Gasteiger partial charge in [0.2, 0.25) is 5.91 Å². The molecule has 2 atom stereocenters. The number of likely N-dealkylation sites (N-methyl/N-ethyl adjacent to an activating group) is 2. The van der Waals surface area contributed by atoms with E-state index in [1.807, 2.05) is 84.4 Å². The number of amides is 3. The van der Waals surface area contributed by atoms with E-state index < -0.39 is 0 Å². The molecule has 0 aliphatic carbocycles. The second kappa shape index (κ2) is 25.6. The molecule has 0 radical (unpaired) electrons. The number of aryl methyl sites for hydroxylation is 1. The Bertz CT molecular complexity index is 2990. The van der Waals surface area contributed by atoms with E-state index in [0.717, 1.165) is 58.0 Å². The highest BCUT2D eigenvalue weighted by Gasteiger charge is 2.41. The van der Waals surface area contributed by atoms with Gasteiger partial charge in [0.25, 0.3) is 11.8 Å². The number of carbonyl (C=O) groups excluding carboxylic acids is 3. The number of hydrogen-bond donors (Lipinski definition) is 1. The predicted octanol–water partition coefficient (Wildman–Crippen LogP) is 9.36. The fourth-order valence-corrected chi connectivity index (χ4v) is 13.3. The summed E-state index contributed by atoms with van der Waals surface area (Å²) in [6, 6.07) is 30.5. The van der Waals surface area contributed by atoms with Crippen LogP contribution in [0.4, 0.5) is 28.4 Å². The molecule has 9 rings (SSSR count). The average molecular weight is 1100 g/mol. The maximum absolute atomic E-state index is 14.4. The van der Waals surface area contributed by atoms with Crippen molar-refractivity contribution in [1.82, 2.24) is 5.43 Å². The van der Waals surface area contributed by atoms with Crippen molar-refractivity contribution >= 4 is 74.0 Å². The lowest BCUT2D eigenvalue weighted by Gasteiger charge is -2.34. The lowest BCUT2D eigenvalue weighted by molar-refractivity contribution is -0.120. The molecule has 4 aliphatic heterocycles. The standard InChI is InChI=1S/C60H73N7O9S2/c1-9-61-62-57(68)18-25-77-78-60(3,4)39-65(19-20-73-23-24-74-22-21-71-7)45-28-41(37-75-54-33-52-48(26-40(54)2)58(69)66-46(35-63(52)5)30-43-14-10-12-16-50(43)66)27-42(29-45)38-76-56-34-53-49(32-55(56)72-8)59(70)67-47(36-64(53)6)31-44-15-11-13-17-51(44)67/h9-17,26-29,32-34,46-47H,18-25,30-31,35-39H2,1-8H3,(H,62,68)/t46-,47-/m0/s1. The van der Waals surface area contributed by atoms with Gasteiger partial charge in [0.15, 0.2) is 11.5 Å². The van der Waals surface area contributed by atoms with Crippen LogP contribution in [-0.2, 0) is 45.1 Å². The van der Waals surface area contributed by atoms with Crippen molar-refractivity contribution in [1.29, 1.82) is 0 Å². The molecule has 0 bridgehead atoms. The Morgan fingerprint density at radius 2 is 1.29 bits per heavy atom. The van der Waals surface area contributed by atoms with Crippen LogP contribution < -0.4 is 44.1 Å². The third-order valence-electron chi connectivity index (χ3n) is 14.5. The van der Waals surface area contributed by atoms with E-state index in [0.29, 0.717) is 99.8 Å². The molecule has 16 nitrogen and oxygen atoms in total. The molecule has 0 unspecified atom stereocenters. The second-order valence-corrected chi connectivity index (χ2v) is 23.9. The van der Waals surface area contributed by atoms with Crippen molar-refractivity contribution in [2.24, 2.45) is 5.10 Å². The molecule has 5 aromatic rings. The summed E-state index contributed by atoms with van der Waals surface area (Å²) in [6.07, 6.45) is 3.50. The molecule has 5 aromatic carbocycles. The molecule has 0 fully saturated rings. The molecule has 0 aromatic heterocycles. The number of fused-ring (bicyclic) bond motifs is 8. The Labute approximate surface area is 467 Å². The number of hydrazone groups is 1. The number of hydrogen-bond acceptors (Lipinski definition) is 15. The number of nitrogens with zero attached hydrogens (tertiary/aromatic N) is 6. The van der Waals surface area contributed by atoms with E-state index >= 15 is 0 Å². The van der Waals surface area contributed by atoms with Crippen LogP contribution in [0.15, 0.2) is 96.1 Å². The zero-order chi connectivity index (χ0) is 54.9. The number of rotatable bonds is 25. The van der Waals surface area contributed by atoms with Gasteiger partial charge in [-0.05, 0) is 111 Å². The summed E-state index contributed by atoms with van der Waals surface area (Å²) in [7, 11) is 10.7. The summed E-state index contributed by atoms with van der Waals surface area (Å²) >= 11 is 0. The number of carbonyl (C=O) groups is 3. The molecule has 0 saturated heterocycles. The van der Waals surface area contributed by atoms with Gasteiger partial charge < -0.3 is 52.9 Å². The highest BCUT2D eigenvalue weighted by molar-refractivity contribution is 8.77. The minimum Gasteiger partial charge on any atom is -0.493 e. The van der Waals surface area contributed by atoms with Gasteiger partial charge in [-0.2, -0.15) is 5.10 Å². The van der Waals surface area contributed by atoms with Crippen molar-refractivity contribution in [3.63, 3.8) is 0 Å². The van der Waals surface area contributed by atoms with Gasteiger partial charge in [-0.25, -0.2) is 5.43 Å². The van der Waals surface area contributed by atoms with Crippen molar-refractivity contribution in [3.05, 3.63) is 130 Å². The van der Waals surface area contributed by atoms with Crippen LogP contribution in [-0.4, -0.2) is 134 Å². The highest BCUT2D eigenvalue weighted by atomic mass is 33.1. The predicted molar refractivity (Wildman–Crippen MR) is 314 cm³/mol. The van der Waals surface area contributed by atoms with Gasteiger partial charge >= 0.3 is 0 Å². The molecule has 4 aliphatic rings. The maximum Gasteiger partial charge on any atom is 0.260 e. The monoisotopic (exact) mass is 1100 g/mol. The van der Waals surface area contributed by atoms with Gasteiger partial charge in [-0.15, -0.1) is 0 Å². The zero-order valence-corrected chi connectivity index (χ0v) is 47.8. The van der Waals surface area contributed by atoms with E-state index in [1.54, 1.807) is 48.9 Å². The smallest absolute Gasteiger partial charge is 0.260 e. The Kier molecular flexibility index (Phi) is 18.4. The summed E-state index contributed by atoms with van der Waals surface area (Å²) in [5.41, 5.74) is 13.3. The number of ether oxygens (including phenoxy) is 6. The van der Waals surface area contributed by atoms with Crippen LogP contribution in [0, 0.1) is 6.92 Å². The molecular formula is C60H73N7O9S2. The van der Waals surface area contributed by atoms with E-state index in [9.17, 15) is 14.4 Å². The number of para-hydroxylation sites is 2. The number of nitrogens with one attached hydrogen (secondary N) is 1. The van der Waals surface area contributed by atoms with E-state index in [1.165, 1.54) is 11.1 Å². The van der Waals surface area contributed by atoms with Crippen molar-refractivity contribution in [2.75, 3.05) is 118 Å². The van der Waals surface area contributed by atoms with Gasteiger partial charge in [-0.3, -0.25) is 14.4 Å². The van der Waals surface area contributed by atoms with Crippen LogP contribution in [0.5, 0.6) is 17.2 Å². The Balaban J connectivity index is 1.01. The van der Waals surface area contributed by atoms with E-state index in [4.69, 9.17) is 28.4 Å². The Morgan fingerprint density at radius 3 is 1.90 bits per heavy atom. The van der Waals surface area contributed by atoms with Gasteiger partial charge in [0, 0.05) is 99.7 Å². The second-order valence-electron chi connectivity index (χ2n) is 20.8. The molecule has 3 amide bonds. The number of anilines is 5. The highest BCUT2D eigenvalue weighted by Crippen LogP contribution is 2.44. The van der Waals surface area contributed by atoms with E-state index in [-0.39, 0.29) is 47.8 Å². The molecule has 0 spiro atoms.